The van der Waals surface area contributed by atoms with Crippen LogP contribution in [-0.4, -0.2) is 230 Å². The van der Waals surface area contributed by atoms with Crippen LogP contribution in [0.3, 0.4) is 0 Å². The number of unbranched alkanes of at least 4 members (excludes halogenated alkanes) is 5. The monoisotopic (exact) mass is 1910 g/mol. The van der Waals surface area contributed by atoms with Gasteiger partial charge in [0.1, 0.15) is 17.3 Å². The van der Waals surface area contributed by atoms with Gasteiger partial charge in [0.2, 0.25) is 0 Å². The van der Waals surface area contributed by atoms with Crippen molar-refractivity contribution >= 4 is 17.3 Å². The number of rotatable bonds is 50. The number of Topliss-reactive ketones (excluding diaryl/α,β-unsaturated/α-hetero) is 3. The molecular weight excluding hydrogens is 1650 g/mol. The van der Waals surface area contributed by atoms with Gasteiger partial charge >= 0.3 is 0 Å². The lowest BCUT2D eigenvalue weighted by molar-refractivity contribution is -0.123. The van der Waals surface area contributed by atoms with Crippen molar-refractivity contribution in [2.75, 3.05) is 54.9 Å². The zero-order valence-corrected chi connectivity index (χ0v) is 98.9. The Morgan fingerprint density at radius 3 is 0.833 bits per heavy atom. The SMILES string of the molecule is CC(=O)[C@@H](N)CC(C)C.CC(C)C(=O)CN(C)C.CC(C)C(O)CN(C)C.CC(C)C(O)[C@H](C)N.CC(C)CCC(O)C(C)C.CCC(NC(C)C)C(O)C(C)C.CCC(O)C(C)C.CCCC(=O)C(C)C.CCCC(C)C.CCCC(O)C(C)C.CCCCC(C)C.CCCCC(O)C(C)C.CCCCCCC(O)C(C)C.CCNC(C)C(O)C(C)C.CNC(C)C(O)C(C)C. The van der Waals surface area contributed by atoms with E-state index in [2.05, 4.69) is 182 Å². The smallest absolute Gasteiger partial charge is 0.149 e. The molecular formula is C112H255N7O13. The summed E-state index contributed by atoms with van der Waals surface area (Å²) >= 11 is 0. The minimum absolute atomic E-state index is 0.0770. The third kappa shape index (κ3) is 146. The maximum Gasteiger partial charge on any atom is 0.149 e. The fraction of sp³-hybridized carbons (Fsp3) is 0.973. The van der Waals surface area contributed by atoms with E-state index in [0.29, 0.717) is 89.3 Å². The Kier molecular flexibility index (Phi) is 140. The van der Waals surface area contributed by atoms with Crippen molar-refractivity contribution in [1.29, 1.82) is 0 Å². The van der Waals surface area contributed by atoms with E-state index in [4.69, 9.17) is 26.8 Å². The van der Waals surface area contributed by atoms with Gasteiger partial charge in [-0.2, -0.15) is 0 Å². The molecule has 0 amide bonds. The maximum absolute atomic E-state index is 10.9. The fourth-order valence-corrected chi connectivity index (χ4v) is 11.0. The molecule has 20 nitrogen and oxygen atoms in total. The molecule has 0 spiro atoms. The number of aliphatic hydroxyl groups is 10. The molecule has 0 radical (unpaired) electrons. The highest BCUT2D eigenvalue weighted by atomic mass is 16.3. The molecule has 0 heterocycles. The van der Waals surface area contributed by atoms with E-state index in [1.54, 1.807) is 0 Å². The first-order valence-electron chi connectivity index (χ1n) is 53.7. The Hall–Kier alpha value is -1.67. The lowest BCUT2D eigenvalue weighted by Gasteiger charge is -2.27. The Morgan fingerprint density at radius 1 is 0.318 bits per heavy atom. The van der Waals surface area contributed by atoms with Crippen molar-refractivity contribution in [2.24, 2.45) is 106 Å². The van der Waals surface area contributed by atoms with Crippen LogP contribution in [0.5, 0.6) is 0 Å². The lowest BCUT2D eigenvalue weighted by Crippen LogP contribution is -2.45. The summed E-state index contributed by atoms with van der Waals surface area (Å²) in [6.07, 6.45) is 23.1. The van der Waals surface area contributed by atoms with E-state index in [9.17, 15) is 50.1 Å². The van der Waals surface area contributed by atoms with Gasteiger partial charge in [-0.15, -0.1) is 0 Å². The molecule has 17 N–H and O–H groups in total. The lowest BCUT2D eigenvalue weighted by atomic mass is 9.97. The van der Waals surface area contributed by atoms with Gasteiger partial charge in [-0.25, -0.2) is 0 Å². The normalized spacial score (nSPS) is 14.5. The van der Waals surface area contributed by atoms with E-state index < -0.39 is 0 Å². The molecule has 132 heavy (non-hydrogen) atoms. The summed E-state index contributed by atoms with van der Waals surface area (Å²) in [5.41, 5.74) is 10.9. The highest BCUT2D eigenvalue weighted by molar-refractivity contribution is 5.82. The number of hydrogen-bond acceptors (Lipinski definition) is 20. The van der Waals surface area contributed by atoms with Crippen molar-refractivity contribution in [3.63, 3.8) is 0 Å². The van der Waals surface area contributed by atoms with Crippen LogP contribution in [0.4, 0.5) is 0 Å². The van der Waals surface area contributed by atoms with Crippen molar-refractivity contribution in [3.8, 4) is 0 Å². The summed E-state index contributed by atoms with van der Waals surface area (Å²) in [5, 5.41) is 103. The number of likely N-dealkylation sites (N-methyl/N-ethyl adjacent to an activating group) is 4. The van der Waals surface area contributed by atoms with Crippen LogP contribution >= 0.6 is 0 Å². The Balaban J connectivity index is -0.0000000857. The van der Waals surface area contributed by atoms with Gasteiger partial charge in [0, 0.05) is 55.0 Å². The van der Waals surface area contributed by atoms with Gasteiger partial charge < -0.3 is 88.3 Å². The maximum atomic E-state index is 10.9. The van der Waals surface area contributed by atoms with Gasteiger partial charge in [-0.1, -0.05) is 375 Å². The van der Waals surface area contributed by atoms with E-state index in [0.717, 1.165) is 102 Å². The number of hydrogen-bond donors (Lipinski definition) is 15. The van der Waals surface area contributed by atoms with Crippen LogP contribution in [0.2, 0.25) is 0 Å². The number of carbonyl (C=O) groups excluding carboxylic acids is 3. The molecule has 0 bridgehead atoms. The first kappa shape index (κ1) is 164. The van der Waals surface area contributed by atoms with E-state index >= 15 is 0 Å². The van der Waals surface area contributed by atoms with E-state index in [1.807, 2.05) is 197 Å². The second kappa shape index (κ2) is 113. The van der Waals surface area contributed by atoms with Crippen molar-refractivity contribution < 1.29 is 65.4 Å². The number of aliphatic hydroxyl groups excluding tert-OH is 10. The summed E-state index contributed by atoms with van der Waals surface area (Å²) in [5.74, 6) is 7.99. The van der Waals surface area contributed by atoms with Gasteiger partial charge in [0.05, 0.1) is 73.6 Å². The molecule has 0 aliphatic rings. The minimum Gasteiger partial charge on any atom is -0.393 e. The number of ketones is 3. The van der Waals surface area contributed by atoms with Crippen LogP contribution in [0.25, 0.3) is 0 Å². The molecule has 0 aromatic heterocycles. The molecule has 0 aliphatic heterocycles. The summed E-state index contributed by atoms with van der Waals surface area (Å²) in [7, 11) is 9.59. The minimum atomic E-state index is -0.352. The van der Waals surface area contributed by atoms with Crippen LogP contribution < -0.4 is 27.4 Å². The average Bonchev–Trinajstić information content (AvgIpc) is 0.928. The number of nitrogens with one attached hydrogen (secondary N) is 3. The summed E-state index contributed by atoms with van der Waals surface area (Å²) in [6.45, 7) is 98.8. The zero-order valence-electron chi connectivity index (χ0n) is 98.9. The van der Waals surface area contributed by atoms with Gasteiger partial charge in [-0.3, -0.25) is 14.4 Å². The second-order valence-corrected chi connectivity index (χ2v) is 43.6. The number of nitrogens with two attached hydrogens (primary N) is 2. The fourth-order valence-electron chi connectivity index (χ4n) is 11.0. The van der Waals surface area contributed by atoms with Crippen molar-refractivity contribution in [2.45, 2.75) is 564 Å². The third-order valence-corrected chi connectivity index (χ3v) is 21.6. The standard InChI is InChI=1S/C10H23NO.C10H22O.C9H20O.C8H19NO.C8H18O.C7H17NO.C7H15NO.C7H17NO.C7H15NO.C7H16O.C7H14O.C7H16.C6H15NO.C6H14O.C6H14/c1-6-9(11-8(4)5)10(12)7(2)3;1-4-5-6-7-8-10(11)9(2)3;1-7(2)5-6-9(10)8(3)4;1-5-9-7(4)8(10)6(2)3;1-4-5-6-8(9)7(2)3;2*1-6(2)7(9)5-8(3)4;1-5(2)7(9)6(3)8-4;1-5(2)4-7(8)6(3)9;2*1-4-5-7(8)6(2)3;1-4-5-6-7(2)3;1-4(2)6(8)5(3)7;1-4-6(7)5(2)3;1-4-5-6(2)3/h7-12H,6H2,1-5H3;9-11H,4-8H2,1-3H3;7-10H,5-6H2,1-4H3;6-10H,5H2,1-4H3;7-9H,4-6H2,1-3H3;6-7,9H,5H2,1-4H3;6H,5H2,1-4H3;5-9H,1-4H3;5,7H,4,8H2,1-3H3;6-8H,4-5H2,1-3H3;6H,4-5H2,1-3H3;7H,4-6H2,1-3H3;4-6,8H,7H2,1-3H3;5-7H,4H2,1-3H3;6H,4-5H2,1-3H3/t;;;;;;;;7-;;;;5-,6?;;/m........0...0../s1. The summed E-state index contributed by atoms with van der Waals surface area (Å²) < 4.78 is 0. The van der Waals surface area contributed by atoms with Crippen molar-refractivity contribution in [1.82, 2.24) is 25.8 Å². The molecule has 13 unspecified atom stereocenters. The van der Waals surface area contributed by atoms with E-state index in [1.165, 1.54) is 71.1 Å². The average molecular weight is 1910 g/mol. The number of nitrogens with zero attached hydrogens (tertiary/aromatic N) is 2. The molecule has 816 valence electrons. The van der Waals surface area contributed by atoms with Crippen LogP contribution in [-0.2, 0) is 14.4 Å². The largest absolute Gasteiger partial charge is 0.393 e. The second-order valence-electron chi connectivity index (χ2n) is 43.6. The molecule has 0 fully saturated rings. The summed E-state index contributed by atoms with van der Waals surface area (Å²) in [4.78, 5) is 36.1. The molecule has 0 saturated heterocycles. The molecule has 20 heteroatoms. The number of carbonyl (C=O) groups is 3. The predicted octanol–water partition coefficient (Wildman–Crippen LogP) is 24.1. The molecule has 0 saturated carbocycles. The van der Waals surface area contributed by atoms with Crippen LogP contribution in [0.15, 0.2) is 0 Å². The summed E-state index contributed by atoms with van der Waals surface area (Å²) in [6, 6.07) is 0.753. The molecule has 15 atom stereocenters. The zero-order chi connectivity index (χ0) is 108. The Bertz CT molecular complexity index is 2170. The van der Waals surface area contributed by atoms with E-state index in [-0.39, 0.29) is 115 Å². The molecule has 0 aliphatic carbocycles. The molecule has 0 rings (SSSR count). The highest BCUT2D eigenvalue weighted by Gasteiger charge is 2.22. The molecule has 0 aromatic rings. The van der Waals surface area contributed by atoms with Gasteiger partial charge in [0.25, 0.3) is 0 Å². The van der Waals surface area contributed by atoms with Crippen LogP contribution in [0, 0.1) is 94.7 Å². The quantitative estimate of drug-likeness (QED) is 0.0252. The first-order chi connectivity index (χ1) is 60.3. The third-order valence-electron chi connectivity index (χ3n) is 21.6. The van der Waals surface area contributed by atoms with Gasteiger partial charge in [-0.05, 0) is 210 Å². The van der Waals surface area contributed by atoms with Crippen molar-refractivity contribution in [3.05, 3.63) is 0 Å². The highest BCUT2D eigenvalue weighted by Crippen LogP contribution is 2.17. The topological polar surface area (TPSA) is 348 Å². The Morgan fingerprint density at radius 2 is 0.659 bits per heavy atom. The predicted molar refractivity (Wildman–Crippen MR) is 588 cm³/mol. The van der Waals surface area contributed by atoms with Crippen LogP contribution in [0.1, 0.15) is 467 Å². The Labute approximate surface area is 829 Å². The van der Waals surface area contributed by atoms with Gasteiger partial charge in [0.15, 0.2) is 0 Å². The molecule has 0 aromatic carbocycles. The first-order valence-corrected chi connectivity index (χ1v) is 53.7.